The van der Waals surface area contributed by atoms with E-state index in [1.807, 2.05) is 0 Å². The molecule has 2 amide bonds. The van der Waals surface area contributed by atoms with E-state index in [9.17, 15) is 9.59 Å². The van der Waals surface area contributed by atoms with Crippen LogP contribution >= 0.6 is 23.2 Å². The number of piperidine rings is 1. The largest absolute Gasteiger partial charge is 0.508 e. The summed E-state index contributed by atoms with van der Waals surface area (Å²) >= 11 is 11.1. The fourth-order valence-corrected chi connectivity index (χ4v) is 2.56. The van der Waals surface area contributed by atoms with Crippen molar-refractivity contribution in [3.8, 4) is 5.75 Å². The summed E-state index contributed by atoms with van der Waals surface area (Å²) in [6.45, 7) is 1.16. The van der Waals surface area contributed by atoms with Crippen LogP contribution in [0.15, 0.2) is 18.2 Å². The molecule has 1 unspecified atom stereocenters. The predicted octanol–water partition coefficient (Wildman–Crippen LogP) is 2.15. The van der Waals surface area contributed by atoms with Gasteiger partial charge in [-0.15, -0.1) is 0 Å². The highest BCUT2D eigenvalue weighted by Gasteiger charge is 2.27. The Morgan fingerprint density at radius 1 is 1.29 bits per heavy atom. The van der Waals surface area contributed by atoms with E-state index in [2.05, 4.69) is 0 Å². The lowest BCUT2D eigenvalue weighted by molar-refractivity contribution is -0.142. The van der Waals surface area contributed by atoms with Gasteiger partial charge in [0.1, 0.15) is 11.8 Å². The molecular formula is C16H22Cl2N2O4. The van der Waals surface area contributed by atoms with Crippen molar-refractivity contribution in [2.75, 3.05) is 26.7 Å². The molecule has 1 heterocycles. The molecule has 2 rings (SSSR count). The molecule has 0 aromatic heterocycles. The van der Waals surface area contributed by atoms with Crippen LogP contribution in [0.3, 0.4) is 0 Å². The Kier molecular flexibility index (Phi) is 8.89. The van der Waals surface area contributed by atoms with E-state index in [1.165, 1.54) is 24.1 Å². The first-order valence-electron chi connectivity index (χ1n) is 7.61. The fourth-order valence-electron chi connectivity index (χ4n) is 2.26. The Hall–Kier alpha value is -1.50. The van der Waals surface area contributed by atoms with Crippen molar-refractivity contribution in [1.82, 2.24) is 9.80 Å². The predicted molar refractivity (Wildman–Crippen MR) is 93.3 cm³/mol. The number of benzene rings is 1. The summed E-state index contributed by atoms with van der Waals surface area (Å²) in [6.07, 6.45) is 3.74. The van der Waals surface area contributed by atoms with Crippen molar-refractivity contribution in [3.05, 3.63) is 28.2 Å². The summed E-state index contributed by atoms with van der Waals surface area (Å²) in [5.41, 5.74) is 0. The molecule has 1 atom stereocenters. The number of carbonyl (C=O) groups is 2. The molecule has 1 aliphatic rings. The van der Waals surface area contributed by atoms with Gasteiger partial charge in [-0.3, -0.25) is 9.59 Å². The van der Waals surface area contributed by atoms with Crippen LogP contribution in [0, 0.1) is 0 Å². The number of hydrogen-bond donors (Lipinski definition) is 2. The zero-order valence-electron chi connectivity index (χ0n) is 13.5. The zero-order chi connectivity index (χ0) is 18.1. The van der Waals surface area contributed by atoms with Gasteiger partial charge in [-0.2, -0.15) is 0 Å². The molecule has 0 aliphatic carbocycles. The van der Waals surface area contributed by atoms with Gasteiger partial charge in [0.15, 0.2) is 0 Å². The Morgan fingerprint density at radius 3 is 2.38 bits per heavy atom. The number of likely N-dealkylation sites (tertiary alicyclic amines) is 1. The molecule has 0 radical (unpaired) electrons. The van der Waals surface area contributed by atoms with Crippen LogP contribution in [0.4, 0.5) is 0 Å². The van der Waals surface area contributed by atoms with E-state index in [0.29, 0.717) is 16.5 Å². The highest BCUT2D eigenvalue weighted by atomic mass is 35.5. The maximum absolute atomic E-state index is 11.9. The second kappa shape index (κ2) is 10.4. The smallest absolute Gasteiger partial charge is 0.247 e. The molecule has 0 spiro atoms. The first-order valence-corrected chi connectivity index (χ1v) is 8.37. The number of hydrogen-bond acceptors (Lipinski definition) is 4. The Morgan fingerprint density at radius 2 is 1.92 bits per heavy atom. The van der Waals surface area contributed by atoms with E-state index in [4.69, 9.17) is 33.4 Å². The number of aliphatic hydroxyl groups is 1. The van der Waals surface area contributed by atoms with Crippen molar-refractivity contribution >= 4 is 35.5 Å². The third-order valence-corrected chi connectivity index (χ3v) is 4.43. The van der Waals surface area contributed by atoms with Crippen molar-refractivity contribution in [1.29, 1.82) is 0 Å². The number of amides is 2. The number of carbonyl (C=O) groups excluding carboxylic acids is 2. The van der Waals surface area contributed by atoms with Crippen molar-refractivity contribution in [2.24, 2.45) is 0 Å². The molecule has 2 N–H and O–H groups in total. The fraction of sp³-hybridized carbons (Fsp3) is 0.500. The highest BCUT2D eigenvalue weighted by molar-refractivity contribution is 6.42. The Balaban J connectivity index is 0.000000272. The first kappa shape index (κ1) is 20.5. The minimum atomic E-state index is -0.722. The van der Waals surface area contributed by atoms with E-state index in [0.717, 1.165) is 32.4 Å². The van der Waals surface area contributed by atoms with Crippen LogP contribution in [0.2, 0.25) is 10.0 Å². The van der Waals surface area contributed by atoms with Crippen LogP contribution in [0.5, 0.6) is 5.75 Å². The molecule has 1 aromatic rings. The molecule has 1 aliphatic heterocycles. The lowest BCUT2D eigenvalue weighted by atomic mass is 10.1. The summed E-state index contributed by atoms with van der Waals surface area (Å²) in [5, 5.41) is 18.7. The van der Waals surface area contributed by atoms with Gasteiger partial charge < -0.3 is 20.0 Å². The van der Waals surface area contributed by atoms with Gasteiger partial charge in [0.05, 0.1) is 16.7 Å². The van der Waals surface area contributed by atoms with Gasteiger partial charge in [0, 0.05) is 20.1 Å². The second-order valence-corrected chi connectivity index (χ2v) is 6.27. The van der Waals surface area contributed by atoms with Crippen LogP contribution in [-0.2, 0) is 9.59 Å². The van der Waals surface area contributed by atoms with Gasteiger partial charge in [-0.25, -0.2) is 0 Å². The summed E-state index contributed by atoms with van der Waals surface area (Å²) in [5.74, 6) is -0.0174. The summed E-state index contributed by atoms with van der Waals surface area (Å²) in [4.78, 5) is 25.4. The quantitative estimate of drug-likeness (QED) is 0.788. The molecule has 0 bridgehead atoms. The normalized spacial score (nSPS) is 15.1. The number of phenols is 1. The third-order valence-electron chi connectivity index (χ3n) is 3.69. The lowest BCUT2D eigenvalue weighted by Gasteiger charge is -2.32. The maximum Gasteiger partial charge on any atom is 0.247 e. The third kappa shape index (κ3) is 6.19. The van der Waals surface area contributed by atoms with Crippen LogP contribution in [0.25, 0.3) is 0 Å². The molecule has 24 heavy (non-hydrogen) atoms. The van der Waals surface area contributed by atoms with E-state index in [-0.39, 0.29) is 18.3 Å². The Bertz CT molecular complexity index is 551. The monoisotopic (exact) mass is 376 g/mol. The first-order chi connectivity index (χ1) is 11.4. The van der Waals surface area contributed by atoms with E-state index >= 15 is 0 Å². The van der Waals surface area contributed by atoms with Crippen LogP contribution in [-0.4, -0.2) is 65.1 Å². The number of aromatic hydroxyl groups is 1. The number of rotatable bonds is 4. The molecule has 1 saturated heterocycles. The molecule has 8 heteroatoms. The van der Waals surface area contributed by atoms with Gasteiger partial charge in [-0.1, -0.05) is 23.2 Å². The van der Waals surface area contributed by atoms with Crippen molar-refractivity contribution < 1.29 is 19.8 Å². The van der Waals surface area contributed by atoms with Crippen LogP contribution in [0.1, 0.15) is 19.3 Å². The topological polar surface area (TPSA) is 81.1 Å². The molecule has 0 saturated carbocycles. The van der Waals surface area contributed by atoms with Crippen molar-refractivity contribution in [3.63, 3.8) is 0 Å². The average Bonchev–Trinajstić information content (AvgIpc) is 2.60. The van der Waals surface area contributed by atoms with Crippen LogP contribution < -0.4 is 0 Å². The number of likely N-dealkylation sites (N-methyl/N-ethyl adjacent to an activating group) is 1. The number of aliphatic hydroxyl groups excluding tert-OH is 1. The summed E-state index contributed by atoms with van der Waals surface area (Å²) in [7, 11) is 1.51. The van der Waals surface area contributed by atoms with E-state index in [1.54, 1.807) is 11.0 Å². The molecule has 1 fully saturated rings. The molecular weight excluding hydrogens is 355 g/mol. The lowest BCUT2D eigenvalue weighted by Crippen LogP contribution is -2.50. The molecule has 6 nitrogen and oxygen atoms in total. The average molecular weight is 377 g/mol. The maximum atomic E-state index is 11.9. The highest BCUT2D eigenvalue weighted by Crippen LogP contribution is 2.25. The number of nitrogens with zero attached hydrogens (tertiary/aromatic N) is 2. The second-order valence-electron chi connectivity index (χ2n) is 5.45. The summed E-state index contributed by atoms with van der Waals surface area (Å²) < 4.78 is 0. The number of phenolic OH excluding ortho intramolecular Hbond substituents is 1. The standard InChI is InChI=1S/C10H18N2O3.C6H4Cl2O/c1-11(8-14)9(7-13)10(15)12-5-3-2-4-6-12;7-5-2-1-4(9)3-6(5)8/h8-9,13H,2-7H2,1H3;1-3,9H. The minimum Gasteiger partial charge on any atom is -0.508 e. The summed E-state index contributed by atoms with van der Waals surface area (Å²) in [6, 6.07) is 3.69. The number of halogens is 2. The van der Waals surface area contributed by atoms with Gasteiger partial charge >= 0.3 is 0 Å². The van der Waals surface area contributed by atoms with Gasteiger partial charge in [-0.05, 0) is 37.5 Å². The molecule has 134 valence electrons. The van der Waals surface area contributed by atoms with Gasteiger partial charge in [0.25, 0.3) is 0 Å². The van der Waals surface area contributed by atoms with Gasteiger partial charge in [0.2, 0.25) is 12.3 Å². The van der Waals surface area contributed by atoms with Crippen molar-refractivity contribution in [2.45, 2.75) is 25.3 Å². The zero-order valence-corrected chi connectivity index (χ0v) is 15.0. The SMILES string of the molecule is CN(C=O)C(CO)C(=O)N1CCCCC1.Oc1ccc(Cl)c(Cl)c1. The Labute approximate surface area is 151 Å². The molecule has 1 aromatic carbocycles. The van der Waals surface area contributed by atoms with E-state index < -0.39 is 6.04 Å². The minimum absolute atomic E-state index is 0.129.